The minimum absolute atomic E-state index is 0.0718. The lowest BCUT2D eigenvalue weighted by Crippen LogP contribution is -2.27. The van der Waals surface area contributed by atoms with Gasteiger partial charge in [0.2, 0.25) is 5.91 Å². The van der Waals surface area contributed by atoms with E-state index in [0.717, 1.165) is 17.1 Å². The van der Waals surface area contributed by atoms with E-state index >= 15 is 0 Å². The van der Waals surface area contributed by atoms with Gasteiger partial charge < -0.3 is 10.1 Å². The summed E-state index contributed by atoms with van der Waals surface area (Å²) in [6.45, 7) is 5.11. The van der Waals surface area contributed by atoms with Crippen molar-refractivity contribution < 1.29 is 9.53 Å². The largest absolute Gasteiger partial charge is 0.383 e. The van der Waals surface area contributed by atoms with E-state index < -0.39 is 0 Å². The Hall–Kier alpha value is -0.940. The minimum Gasteiger partial charge on any atom is -0.383 e. The Labute approximate surface area is 100 Å². The first-order valence-electron chi connectivity index (χ1n) is 5.32. The number of carbonyl (C=O) groups excluding carboxylic acids is 1. The first-order valence-corrected chi connectivity index (χ1v) is 6.13. The molecular formula is C11H18N2O2S. The maximum absolute atomic E-state index is 11.4. The number of ether oxygens (including phenoxy) is 1. The number of nitrogens with zero attached hydrogens (tertiary/aromatic N) is 1. The second-order valence-corrected chi connectivity index (χ2v) is 4.87. The van der Waals surface area contributed by atoms with Gasteiger partial charge in [-0.25, -0.2) is 4.98 Å². The molecule has 0 fully saturated rings. The van der Waals surface area contributed by atoms with Crippen molar-refractivity contribution in [1.29, 1.82) is 0 Å². The standard InChI is InChI=1S/C11H18N2O2S/c1-8-10(16-9(2)13-8)4-5-11(14)12-6-7-15-3/h4-7H2,1-3H3,(H,12,14). The molecule has 0 atom stereocenters. The Bertz CT molecular complexity index is 350. The molecule has 0 bridgehead atoms. The van der Waals surface area contributed by atoms with Gasteiger partial charge in [0.1, 0.15) is 0 Å². The zero-order chi connectivity index (χ0) is 12.0. The Morgan fingerprint density at radius 2 is 2.25 bits per heavy atom. The van der Waals surface area contributed by atoms with Crippen molar-refractivity contribution in [2.75, 3.05) is 20.3 Å². The average Bonchev–Trinajstić information content (AvgIpc) is 2.55. The SMILES string of the molecule is COCCNC(=O)CCc1sc(C)nc1C. The van der Waals surface area contributed by atoms with Crippen molar-refractivity contribution in [2.45, 2.75) is 26.7 Å². The molecule has 90 valence electrons. The van der Waals surface area contributed by atoms with Gasteiger partial charge >= 0.3 is 0 Å². The van der Waals surface area contributed by atoms with E-state index in [0.29, 0.717) is 19.6 Å². The second kappa shape index (κ2) is 6.60. The molecule has 1 amide bonds. The quantitative estimate of drug-likeness (QED) is 0.768. The highest BCUT2D eigenvalue weighted by molar-refractivity contribution is 7.11. The van der Waals surface area contributed by atoms with Crippen LogP contribution in [0.5, 0.6) is 0 Å². The number of hydrogen-bond donors (Lipinski definition) is 1. The summed E-state index contributed by atoms with van der Waals surface area (Å²) in [6, 6.07) is 0. The van der Waals surface area contributed by atoms with Crippen LogP contribution in [0.1, 0.15) is 22.0 Å². The normalized spacial score (nSPS) is 10.4. The summed E-state index contributed by atoms with van der Waals surface area (Å²) >= 11 is 1.67. The smallest absolute Gasteiger partial charge is 0.220 e. The Balaban J connectivity index is 2.29. The first kappa shape index (κ1) is 13.1. The lowest BCUT2D eigenvalue weighted by molar-refractivity contribution is -0.121. The summed E-state index contributed by atoms with van der Waals surface area (Å²) < 4.78 is 4.85. The van der Waals surface area contributed by atoms with Crippen LogP contribution in [0.25, 0.3) is 0 Å². The molecule has 0 aliphatic carbocycles. The van der Waals surface area contributed by atoms with E-state index in [1.165, 1.54) is 4.88 Å². The summed E-state index contributed by atoms with van der Waals surface area (Å²) in [5.74, 6) is 0.0718. The summed E-state index contributed by atoms with van der Waals surface area (Å²) in [6.07, 6.45) is 1.29. The van der Waals surface area contributed by atoms with E-state index in [9.17, 15) is 4.79 Å². The van der Waals surface area contributed by atoms with Crippen LogP contribution in [0.4, 0.5) is 0 Å². The zero-order valence-electron chi connectivity index (χ0n) is 10.0. The number of hydrogen-bond acceptors (Lipinski definition) is 4. The number of aryl methyl sites for hydroxylation is 3. The molecule has 1 aromatic rings. The lowest BCUT2D eigenvalue weighted by atomic mass is 10.2. The second-order valence-electron chi connectivity index (χ2n) is 3.58. The van der Waals surface area contributed by atoms with Crippen molar-refractivity contribution in [3.8, 4) is 0 Å². The number of nitrogens with one attached hydrogen (secondary N) is 1. The molecule has 0 aliphatic rings. The zero-order valence-corrected chi connectivity index (χ0v) is 10.8. The van der Waals surface area contributed by atoms with Crippen LogP contribution in [-0.4, -0.2) is 31.2 Å². The third kappa shape index (κ3) is 4.28. The van der Waals surface area contributed by atoms with Gasteiger partial charge in [-0.1, -0.05) is 0 Å². The van der Waals surface area contributed by atoms with Gasteiger partial charge in [0.25, 0.3) is 0 Å². The molecule has 1 aromatic heterocycles. The van der Waals surface area contributed by atoms with Gasteiger partial charge in [-0.15, -0.1) is 11.3 Å². The fourth-order valence-electron chi connectivity index (χ4n) is 1.41. The highest BCUT2D eigenvalue weighted by atomic mass is 32.1. The molecule has 1 rings (SSSR count). The molecule has 0 radical (unpaired) electrons. The van der Waals surface area contributed by atoms with Gasteiger partial charge in [-0.05, 0) is 20.3 Å². The van der Waals surface area contributed by atoms with Crippen molar-refractivity contribution in [1.82, 2.24) is 10.3 Å². The van der Waals surface area contributed by atoms with Crippen LogP contribution in [0.2, 0.25) is 0 Å². The van der Waals surface area contributed by atoms with E-state index in [1.807, 2.05) is 13.8 Å². The van der Waals surface area contributed by atoms with Crippen LogP contribution in [-0.2, 0) is 16.0 Å². The molecule has 1 heterocycles. The number of thiazole rings is 1. The summed E-state index contributed by atoms with van der Waals surface area (Å²) in [4.78, 5) is 17.0. The Morgan fingerprint density at radius 3 is 2.81 bits per heavy atom. The highest BCUT2D eigenvalue weighted by Gasteiger charge is 2.07. The molecule has 0 aliphatic heterocycles. The van der Waals surface area contributed by atoms with Gasteiger partial charge in [-0.3, -0.25) is 4.79 Å². The molecule has 16 heavy (non-hydrogen) atoms. The van der Waals surface area contributed by atoms with Gasteiger partial charge in [0.15, 0.2) is 0 Å². The number of carbonyl (C=O) groups is 1. The molecule has 0 aromatic carbocycles. The molecule has 0 saturated heterocycles. The number of aromatic nitrogens is 1. The summed E-state index contributed by atoms with van der Waals surface area (Å²) in [5, 5.41) is 3.86. The lowest BCUT2D eigenvalue weighted by Gasteiger charge is -2.03. The van der Waals surface area contributed by atoms with Crippen LogP contribution < -0.4 is 5.32 Å². The maximum Gasteiger partial charge on any atom is 0.220 e. The molecule has 0 saturated carbocycles. The fraction of sp³-hybridized carbons (Fsp3) is 0.636. The predicted molar refractivity (Wildman–Crippen MR) is 64.8 cm³/mol. The average molecular weight is 242 g/mol. The Kier molecular flexibility index (Phi) is 5.42. The first-order chi connectivity index (χ1) is 7.63. The monoisotopic (exact) mass is 242 g/mol. The van der Waals surface area contributed by atoms with Crippen LogP contribution in [0.15, 0.2) is 0 Å². The summed E-state index contributed by atoms with van der Waals surface area (Å²) in [7, 11) is 1.62. The van der Waals surface area contributed by atoms with Gasteiger partial charge in [0.05, 0.1) is 17.3 Å². The molecule has 0 unspecified atom stereocenters. The van der Waals surface area contributed by atoms with Crippen molar-refractivity contribution in [3.05, 3.63) is 15.6 Å². The molecule has 5 heteroatoms. The minimum atomic E-state index is 0.0718. The van der Waals surface area contributed by atoms with E-state index in [2.05, 4.69) is 10.3 Å². The third-order valence-electron chi connectivity index (χ3n) is 2.21. The van der Waals surface area contributed by atoms with Crippen molar-refractivity contribution in [3.63, 3.8) is 0 Å². The van der Waals surface area contributed by atoms with Crippen LogP contribution in [0.3, 0.4) is 0 Å². The molecule has 1 N–H and O–H groups in total. The Morgan fingerprint density at radius 1 is 1.50 bits per heavy atom. The number of rotatable bonds is 6. The van der Waals surface area contributed by atoms with Crippen LogP contribution >= 0.6 is 11.3 Å². The summed E-state index contributed by atoms with van der Waals surface area (Å²) in [5.41, 5.74) is 1.05. The topological polar surface area (TPSA) is 51.2 Å². The van der Waals surface area contributed by atoms with Crippen molar-refractivity contribution in [2.24, 2.45) is 0 Å². The van der Waals surface area contributed by atoms with E-state index in [1.54, 1.807) is 18.4 Å². The predicted octanol–water partition coefficient (Wildman–Crippen LogP) is 1.46. The number of methoxy groups -OCH3 is 1. The van der Waals surface area contributed by atoms with Gasteiger partial charge in [0, 0.05) is 25.0 Å². The third-order valence-corrected chi connectivity index (χ3v) is 3.34. The molecular weight excluding hydrogens is 224 g/mol. The van der Waals surface area contributed by atoms with Crippen molar-refractivity contribution >= 4 is 17.2 Å². The van der Waals surface area contributed by atoms with E-state index in [4.69, 9.17) is 4.74 Å². The van der Waals surface area contributed by atoms with E-state index in [-0.39, 0.29) is 5.91 Å². The van der Waals surface area contributed by atoms with Gasteiger partial charge in [-0.2, -0.15) is 0 Å². The fourth-order valence-corrected chi connectivity index (χ4v) is 2.35. The van der Waals surface area contributed by atoms with Crippen LogP contribution in [0, 0.1) is 13.8 Å². The number of amides is 1. The highest BCUT2D eigenvalue weighted by Crippen LogP contribution is 2.18. The maximum atomic E-state index is 11.4. The molecule has 4 nitrogen and oxygen atoms in total. The molecule has 0 spiro atoms.